The lowest BCUT2D eigenvalue weighted by Crippen LogP contribution is -2.35. The number of esters is 1. The fourth-order valence-corrected chi connectivity index (χ4v) is 4.57. The van der Waals surface area contributed by atoms with Crippen molar-refractivity contribution >= 4 is 11.8 Å². The van der Waals surface area contributed by atoms with Crippen LogP contribution in [0.5, 0.6) is 0 Å². The molecule has 3 heteroatoms. The summed E-state index contributed by atoms with van der Waals surface area (Å²) in [6.45, 7) is 4.43. The Morgan fingerprint density at radius 1 is 1.00 bits per heavy atom. The number of hydrogen-bond acceptors (Lipinski definition) is 3. The van der Waals surface area contributed by atoms with Crippen LogP contribution in [-0.2, 0) is 14.3 Å². The number of carbonyl (C=O) groups excluding carboxylic acids is 2. The highest BCUT2D eigenvalue weighted by molar-refractivity contribution is 5.99. The van der Waals surface area contributed by atoms with E-state index in [4.69, 9.17) is 4.74 Å². The molecule has 3 nitrogen and oxygen atoms in total. The first kappa shape index (κ1) is 18.5. The Bertz CT molecular complexity index is 382. The molecule has 2 aliphatic rings. The van der Waals surface area contributed by atoms with Crippen molar-refractivity contribution in [1.82, 2.24) is 0 Å². The van der Waals surface area contributed by atoms with Crippen LogP contribution in [0.25, 0.3) is 0 Å². The normalized spacial score (nSPS) is 31.8. The maximum atomic E-state index is 12.3. The predicted octanol–water partition coefficient (Wildman–Crippen LogP) is 4.92. The number of Topliss-reactive ketones (excluding diaryl/α,β-unsaturated/α-hetero) is 1. The highest BCUT2D eigenvalue weighted by atomic mass is 16.5. The van der Waals surface area contributed by atoms with Crippen molar-refractivity contribution in [3.8, 4) is 0 Å². The highest BCUT2D eigenvalue weighted by Crippen LogP contribution is 2.41. The Hall–Kier alpha value is -0.860. The average molecular weight is 322 g/mol. The topological polar surface area (TPSA) is 43.4 Å². The van der Waals surface area contributed by atoms with Crippen molar-refractivity contribution in [2.24, 2.45) is 23.7 Å². The molecule has 2 aliphatic carbocycles. The summed E-state index contributed by atoms with van der Waals surface area (Å²) in [5, 5.41) is 0. The van der Waals surface area contributed by atoms with E-state index in [9.17, 15) is 9.59 Å². The van der Waals surface area contributed by atoms with E-state index in [1.165, 1.54) is 51.4 Å². The maximum absolute atomic E-state index is 12.3. The number of ketones is 1. The first-order valence-corrected chi connectivity index (χ1v) is 9.85. The molecule has 23 heavy (non-hydrogen) atoms. The van der Waals surface area contributed by atoms with Crippen molar-refractivity contribution in [3.05, 3.63) is 0 Å². The standard InChI is InChI=1S/C20H34O3/c1-3-5-6-7-15-8-10-16(11-9-15)17-12-13-18(19(21)14-17)20(22)23-4-2/h15-18H,3-14H2,1-2H3/t15-,16-,17?,18?. The first-order chi connectivity index (χ1) is 11.2. The van der Waals surface area contributed by atoms with Gasteiger partial charge in [-0.2, -0.15) is 0 Å². The van der Waals surface area contributed by atoms with Crippen LogP contribution in [0, 0.1) is 23.7 Å². The van der Waals surface area contributed by atoms with E-state index < -0.39 is 5.92 Å². The third-order valence-corrected chi connectivity index (χ3v) is 6.02. The summed E-state index contributed by atoms with van der Waals surface area (Å²) in [5.41, 5.74) is 0. The summed E-state index contributed by atoms with van der Waals surface area (Å²) >= 11 is 0. The van der Waals surface area contributed by atoms with Crippen molar-refractivity contribution < 1.29 is 14.3 Å². The Balaban J connectivity index is 1.73. The molecule has 0 N–H and O–H groups in total. The fourth-order valence-electron chi connectivity index (χ4n) is 4.57. The van der Waals surface area contributed by atoms with E-state index >= 15 is 0 Å². The lowest BCUT2D eigenvalue weighted by molar-refractivity contribution is -0.153. The molecule has 2 atom stereocenters. The van der Waals surface area contributed by atoms with Gasteiger partial charge in [-0.05, 0) is 50.4 Å². The zero-order valence-electron chi connectivity index (χ0n) is 15.0. The Morgan fingerprint density at radius 2 is 1.70 bits per heavy atom. The second-order valence-electron chi connectivity index (χ2n) is 7.59. The van der Waals surface area contributed by atoms with Gasteiger partial charge in [-0.1, -0.05) is 45.4 Å². The smallest absolute Gasteiger partial charge is 0.316 e. The van der Waals surface area contributed by atoms with Gasteiger partial charge in [-0.25, -0.2) is 0 Å². The quantitative estimate of drug-likeness (QED) is 0.379. The SMILES string of the molecule is CCCCC[C@H]1CC[C@H](C2CCC(C(=O)OCC)C(=O)C2)CC1. The van der Waals surface area contributed by atoms with Crippen LogP contribution in [0.1, 0.15) is 84.5 Å². The molecule has 2 saturated carbocycles. The third kappa shape index (κ3) is 5.32. The number of rotatable bonds is 7. The largest absolute Gasteiger partial charge is 0.465 e. The van der Waals surface area contributed by atoms with E-state index in [0.29, 0.717) is 31.3 Å². The molecule has 0 aromatic heterocycles. The van der Waals surface area contributed by atoms with Crippen LogP contribution in [0.15, 0.2) is 0 Å². The van der Waals surface area contributed by atoms with Crippen molar-refractivity contribution in [2.75, 3.05) is 6.61 Å². The van der Waals surface area contributed by atoms with Crippen LogP contribution in [-0.4, -0.2) is 18.4 Å². The summed E-state index contributed by atoms with van der Waals surface area (Å²) in [7, 11) is 0. The second kappa shape index (κ2) is 9.44. The number of carbonyl (C=O) groups is 2. The molecule has 2 rings (SSSR count). The predicted molar refractivity (Wildman–Crippen MR) is 92.1 cm³/mol. The van der Waals surface area contributed by atoms with Gasteiger partial charge >= 0.3 is 5.97 Å². The second-order valence-corrected chi connectivity index (χ2v) is 7.59. The lowest BCUT2D eigenvalue weighted by Gasteiger charge is -2.36. The Labute approximate surface area is 141 Å². The molecule has 0 amide bonds. The number of hydrogen-bond donors (Lipinski definition) is 0. The maximum Gasteiger partial charge on any atom is 0.316 e. The van der Waals surface area contributed by atoms with Gasteiger partial charge in [0.2, 0.25) is 0 Å². The minimum atomic E-state index is -0.475. The average Bonchev–Trinajstić information content (AvgIpc) is 2.56. The molecule has 0 radical (unpaired) electrons. The zero-order chi connectivity index (χ0) is 16.7. The summed E-state index contributed by atoms with van der Waals surface area (Å²) < 4.78 is 5.03. The van der Waals surface area contributed by atoms with E-state index in [-0.39, 0.29) is 11.8 Å². The van der Waals surface area contributed by atoms with Gasteiger partial charge in [0.1, 0.15) is 11.7 Å². The molecule has 0 aliphatic heterocycles. The van der Waals surface area contributed by atoms with Crippen molar-refractivity contribution in [1.29, 1.82) is 0 Å². The van der Waals surface area contributed by atoms with Gasteiger partial charge in [-0.15, -0.1) is 0 Å². The molecule has 0 bridgehead atoms. The molecule has 0 spiro atoms. The Morgan fingerprint density at radius 3 is 2.30 bits per heavy atom. The number of ether oxygens (including phenoxy) is 1. The minimum absolute atomic E-state index is 0.129. The van der Waals surface area contributed by atoms with E-state index in [1.807, 2.05) is 0 Å². The highest BCUT2D eigenvalue weighted by Gasteiger charge is 2.38. The summed E-state index contributed by atoms with van der Waals surface area (Å²) in [5.74, 6) is 1.51. The summed E-state index contributed by atoms with van der Waals surface area (Å²) in [6, 6.07) is 0. The molecule has 0 saturated heterocycles. The minimum Gasteiger partial charge on any atom is -0.465 e. The van der Waals surface area contributed by atoms with Crippen LogP contribution in [0.4, 0.5) is 0 Å². The van der Waals surface area contributed by atoms with Gasteiger partial charge in [0.15, 0.2) is 0 Å². The van der Waals surface area contributed by atoms with Gasteiger partial charge in [0.05, 0.1) is 6.61 Å². The van der Waals surface area contributed by atoms with E-state index in [0.717, 1.165) is 12.3 Å². The molecule has 0 aromatic carbocycles. The van der Waals surface area contributed by atoms with Gasteiger partial charge in [0.25, 0.3) is 0 Å². The van der Waals surface area contributed by atoms with Crippen molar-refractivity contribution in [3.63, 3.8) is 0 Å². The molecule has 132 valence electrons. The fraction of sp³-hybridized carbons (Fsp3) is 0.900. The van der Waals surface area contributed by atoms with Crippen LogP contribution in [0.3, 0.4) is 0 Å². The molecular formula is C20H34O3. The third-order valence-electron chi connectivity index (χ3n) is 6.02. The van der Waals surface area contributed by atoms with E-state index in [2.05, 4.69) is 6.92 Å². The zero-order valence-corrected chi connectivity index (χ0v) is 15.0. The number of unbranched alkanes of at least 4 members (excludes halogenated alkanes) is 2. The molecule has 0 aromatic rings. The lowest BCUT2D eigenvalue weighted by atomic mass is 9.68. The molecule has 0 heterocycles. The van der Waals surface area contributed by atoms with E-state index in [1.54, 1.807) is 6.92 Å². The van der Waals surface area contributed by atoms with Gasteiger partial charge in [0, 0.05) is 6.42 Å². The van der Waals surface area contributed by atoms with Crippen LogP contribution in [0.2, 0.25) is 0 Å². The Kier molecular flexibility index (Phi) is 7.58. The molecule has 2 unspecified atom stereocenters. The monoisotopic (exact) mass is 322 g/mol. The van der Waals surface area contributed by atoms with Crippen molar-refractivity contribution in [2.45, 2.75) is 84.5 Å². The first-order valence-electron chi connectivity index (χ1n) is 9.85. The van der Waals surface area contributed by atoms with Gasteiger partial charge in [-0.3, -0.25) is 9.59 Å². The van der Waals surface area contributed by atoms with Crippen LogP contribution < -0.4 is 0 Å². The summed E-state index contributed by atoms with van der Waals surface area (Å²) in [6.07, 6.45) is 13.1. The van der Waals surface area contributed by atoms with Crippen LogP contribution >= 0.6 is 0 Å². The summed E-state index contributed by atoms with van der Waals surface area (Å²) in [4.78, 5) is 24.1. The van der Waals surface area contributed by atoms with Gasteiger partial charge < -0.3 is 4.74 Å². The molecular weight excluding hydrogens is 288 g/mol. The molecule has 2 fully saturated rings.